The standard InChI is InChI=1S/C29H37N5O5.BrH/c1-7-39-22-14-18-15-33(27(30)24(18)32-25(22)28(37)31-5)16-21(35)17-12-19(29(2,3)4)26(38-6)20(13-17)34-11-9-8-10-23(34)36;/h12-14,30H,7-11,15-16H2,1-6H3,(H,31,37);1H. The molecule has 2 N–H and O–H groups in total. The third kappa shape index (κ3) is 5.99. The highest BCUT2D eigenvalue weighted by Crippen LogP contribution is 2.41. The van der Waals surface area contributed by atoms with E-state index in [2.05, 4.69) is 10.3 Å². The number of fused-ring (bicyclic) bond motifs is 1. The molecule has 1 aromatic heterocycles. The van der Waals surface area contributed by atoms with E-state index in [0.717, 1.165) is 18.4 Å². The molecule has 4 rings (SSSR count). The van der Waals surface area contributed by atoms with Crippen molar-refractivity contribution in [3.63, 3.8) is 0 Å². The molecule has 1 aromatic carbocycles. The van der Waals surface area contributed by atoms with Gasteiger partial charge in [0.05, 0.1) is 25.9 Å². The minimum absolute atomic E-state index is 0. The number of nitrogens with zero attached hydrogens (tertiary/aromatic N) is 3. The first-order valence-electron chi connectivity index (χ1n) is 13.3. The molecule has 2 aromatic rings. The van der Waals surface area contributed by atoms with Gasteiger partial charge in [0.1, 0.15) is 17.3 Å². The van der Waals surface area contributed by atoms with Crippen LogP contribution in [0.3, 0.4) is 0 Å². The Morgan fingerprint density at radius 1 is 1.18 bits per heavy atom. The van der Waals surface area contributed by atoms with Gasteiger partial charge in [-0.05, 0) is 43.4 Å². The lowest BCUT2D eigenvalue weighted by atomic mass is 9.84. The van der Waals surface area contributed by atoms with Crippen LogP contribution in [-0.2, 0) is 16.8 Å². The average Bonchev–Trinajstić information content (AvgIpc) is 3.20. The fourth-order valence-electron chi connectivity index (χ4n) is 5.05. The Kier molecular flexibility index (Phi) is 9.60. The minimum atomic E-state index is -0.406. The van der Waals surface area contributed by atoms with Crippen LogP contribution in [0.2, 0.25) is 0 Å². The summed E-state index contributed by atoms with van der Waals surface area (Å²) in [6.07, 6.45) is 2.20. The van der Waals surface area contributed by atoms with Crippen LogP contribution in [0, 0.1) is 5.41 Å². The third-order valence-corrected chi connectivity index (χ3v) is 7.06. The number of methoxy groups -OCH3 is 1. The first-order valence-corrected chi connectivity index (χ1v) is 13.3. The summed E-state index contributed by atoms with van der Waals surface area (Å²) >= 11 is 0. The summed E-state index contributed by atoms with van der Waals surface area (Å²) in [5.74, 6) is 0.438. The smallest absolute Gasteiger partial charge is 0.273 e. The number of amides is 2. The number of pyridine rings is 1. The molecule has 2 aliphatic rings. The highest BCUT2D eigenvalue weighted by atomic mass is 79.9. The number of benzene rings is 1. The molecule has 40 heavy (non-hydrogen) atoms. The van der Waals surface area contributed by atoms with Crippen LogP contribution < -0.4 is 19.7 Å². The summed E-state index contributed by atoms with van der Waals surface area (Å²) < 4.78 is 11.4. The van der Waals surface area contributed by atoms with Crippen LogP contribution in [0.15, 0.2) is 18.2 Å². The van der Waals surface area contributed by atoms with E-state index in [1.807, 2.05) is 33.8 Å². The number of amidine groups is 1. The summed E-state index contributed by atoms with van der Waals surface area (Å²) in [5, 5.41) is 11.3. The zero-order valence-electron chi connectivity index (χ0n) is 24.0. The number of piperidine rings is 1. The predicted octanol–water partition coefficient (Wildman–Crippen LogP) is 4.26. The predicted molar refractivity (Wildman–Crippen MR) is 159 cm³/mol. The van der Waals surface area contributed by atoms with E-state index in [0.29, 0.717) is 60.1 Å². The maximum Gasteiger partial charge on any atom is 0.273 e. The van der Waals surface area contributed by atoms with Crippen molar-refractivity contribution in [1.29, 1.82) is 5.41 Å². The normalized spacial score (nSPS) is 14.9. The Morgan fingerprint density at radius 3 is 2.50 bits per heavy atom. The van der Waals surface area contributed by atoms with E-state index >= 15 is 0 Å². The molecule has 0 unspecified atom stereocenters. The van der Waals surface area contributed by atoms with E-state index < -0.39 is 5.91 Å². The lowest BCUT2D eigenvalue weighted by molar-refractivity contribution is -0.119. The molecule has 0 spiro atoms. The molecule has 11 heteroatoms. The van der Waals surface area contributed by atoms with Gasteiger partial charge >= 0.3 is 0 Å². The lowest BCUT2D eigenvalue weighted by Crippen LogP contribution is -2.36. The molecule has 2 aliphatic heterocycles. The Bertz CT molecular complexity index is 1340. The van der Waals surface area contributed by atoms with Gasteiger partial charge < -0.3 is 24.6 Å². The fourth-order valence-corrected chi connectivity index (χ4v) is 5.05. The number of hydrogen-bond donors (Lipinski definition) is 2. The number of aromatic nitrogens is 1. The van der Waals surface area contributed by atoms with Crippen molar-refractivity contribution in [3.8, 4) is 11.5 Å². The van der Waals surface area contributed by atoms with E-state index in [1.54, 1.807) is 29.0 Å². The fraction of sp³-hybridized carbons (Fsp3) is 0.483. The molecule has 3 heterocycles. The highest BCUT2D eigenvalue weighted by Gasteiger charge is 2.33. The Hall–Kier alpha value is -3.47. The van der Waals surface area contributed by atoms with Gasteiger partial charge in [-0.1, -0.05) is 20.8 Å². The summed E-state index contributed by atoms with van der Waals surface area (Å²) in [5.41, 5.74) is 2.73. The average molecular weight is 617 g/mol. The largest absolute Gasteiger partial charge is 0.494 e. The number of halogens is 1. The minimum Gasteiger partial charge on any atom is -0.494 e. The first kappa shape index (κ1) is 31.1. The van der Waals surface area contributed by atoms with Crippen LogP contribution in [0.1, 0.15) is 84.6 Å². The van der Waals surface area contributed by atoms with Crippen molar-refractivity contribution in [1.82, 2.24) is 15.2 Å². The number of hydrogen-bond acceptors (Lipinski definition) is 7. The molecule has 0 bridgehead atoms. The van der Waals surface area contributed by atoms with Crippen molar-refractivity contribution in [2.45, 2.75) is 58.9 Å². The third-order valence-electron chi connectivity index (χ3n) is 7.06. The maximum atomic E-state index is 13.7. The zero-order chi connectivity index (χ0) is 28.5. The number of ether oxygens (including phenoxy) is 2. The van der Waals surface area contributed by atoms with E-state index in [4.69, 9.17) is 14.9 Å². The van der Waals surface area contributed by atoms with Crippen molar-refractivity contribution in [2.75, 3.05) is 38.8 Å². The molecular formula is C29H38BrN5O5. The van der Waals surface area contributed by atoms with Gasteiger partial charge in [0.25, 0.3) is 5.91 Å². The Labute approximate surface area is 245 Å². The number of rotatable bonds is 8. The maximum absolute atomic E-state index is 13.7. The lowest BCUT2D eigenvalue weighted by Gasteiger charge is -2.32. The SMILES string of the molecule is Br.CCOc1cc2c(nc1C(=O)NC)C(=N)N(CC(=O)c1cc(N3CCCCC3=O)c(OC)c(C(C)(C)C)c1)C2. The van der Waals surface area contributed by atoms with Crippen LogP contribution in [0.5, 0.6) is 11.5 Å². The van der Waals surface area contributed by atoms with Crippen molar-refractivity contribution in [3.05, 3.63) is 46.3 Å². The number of ketones is 1. The van der Waals surface area contributed by atoms with Crippen molar-refractivity contribution < 1.29 is 23.9 Å². The van der Waals surface area contributed by atoms with Crippen molar-refractivity contribution in [2.24, 2.45) is 0 Å². The Balaban J connectivity index is 0.00000441. The van der Waals surface area contributed by atoms with E-state index in [1.165, 1.54) is 7.05 Å². The topological polar surface area (TPSA) is 125 Å². The summed E-state index contributed by atoms with van der Waals surface area (Å²) in [4.78, 5) is 46.7. The van der Waals surface area contributed by atoms with Crippen LogP contribution in [0.4, 0.5) is 5.69 Å². The monoisotopic (exact) mass is 615 g/mol. The second-order valence-electron chi connectivity index (χ2n) is 10.8. The second kappa shape index (κ2) is 12.4. The Morgan fingerprint density at radius 2 is 1.90 bits per heavy atom. The number of carbonyl (C=O) groups is 3. The molecule has 1 saturated heterocycles. The number of nitrogens with one attached hydrogen (secondary N) is 2. The molecule has 1 fully saturated rings. The van der Waals surface area contributed by atoms with Gasteiger partial charge in [-0.3, -0.25) is 19.8 Å². The number of Topliss-reactive ketones (excluding diaryl/α,β-unsaturated/α-hetero) is 1. The molecule has 0 saturated carbocycles. The van der Waals surface area contributed by atoms with Crippen molar-refractivity contribution >= 4 is 46.1 Å². The number of carbonyl (C=O) groups excluding carboxylic acids is 3. The number of anilines is 1. The van der Waals surface area contributed by atoms with Gasteiger partial charge in [-0.2, -0.15) is 0 Å². The zero-order valence-corrected chi connectivity index (χ0v) is 25.7. The van der Waals surface area contributed by atoms with Crippen LogP contribution in [0.25, 0.3) is 0 Å². The molecule has 0 radical (unpaired) electrons. The van der Waals surface area contributed by atoms with Gasteiger partial charge in [0.2, 0.25) is 5.91 Å². The van der Waals surface area contributed by atoms with Crippen LogP contribution in [-0.4, -0.2) is 67.2 Å². The highest BCUT2D eigenvalue weighted by molar-refractivity contribution is 8.93. The van der Waals surface area contributed by atoms with Gasteiger partial charge in [-0.25, -0.2) is 4.98 Å². The van der Waals surface area contributed by atoms with Gasteiger partial charge in [0.15, 0.2) is 17.2 Å². The van der Waals surface area contributed by atoms with Crippen LogP contribution >= 0.6 is 17.0 Å². The summed E-state index contributed by atoms with van der Waals surface area (Å²) in [7, 11) is 3.10. The molecule has 10 nitrogen and oxygen atoms in total. The molecule has 0 aliphatic carbocycles. The van der Waals surface area contributed by atoms with Gasteiger partial charge in [-0.15, -0.1) is 17.0 Å². The summed E-state index contributed by atoms with van der Waals surface area (Å²) in [6.45, 7) is 9.11. The van der Waals surface area contributed by atoms with E-state index in [-0.39, 0.29) is 52.2 Å². The molecule has 216 valence electrons. The van der Waals surface area contributed by atoms with Gasteiger partial charge in [0, 0.05) is 43.2 Å². The first-order chi connectivity index (χ1) is 18.5. The molecule has 0 atom stereocenters. The van der Waals surface area contributed by atoms with E-state index in [9.17, 15) is 14.4 Å². The second-order valence-corrected chi connectivity index (χ2v) is 10.8. The molecular weight excluding hydrogens is 578 g/mol. The summed E-state index contributed by atoms with van der Waals surface area (Å²) in [6, 6.07) is 5.29. The quantitative estimate of drug-likeness (QED) is 0.425. The molecule has 2 amide bonds.